The molecule has 0 saturated heterocycles. The van der Waals surface area contributed by atoms with Crippen molar-refractivity contribution in [3.63, 3.8) is 0 Å². The number of rotatable bonds is 2. The molecule has 0 spiro atoms. The highest BCUT2D eigenvalue weighted by Gasteiger charge is 2.33. The smallest absolute Gasteiger partial charge is 0.254 e. The third-order valence-corrected chi connectivity index (χ3v) is 5.25. The molecule has 0 aliphatic carbocycles. The number of ether oxygens (including phenoxy) is 2. The van der Waals surface area contributed by atoms with E-state index < -0.39 is 5.82 Å². The molecule has 1 unspecified atom stereocenters. The molecule has 5 nitrogen and oxygen atoms in total. The minimum atomic E-state index is -0.415. The summed E-state index contributed by atoms with van der Waals surface area (Å²) in [7, 11) is 0. The minimum absolute atomic E-state index is 0.188. The van der Waals surface area contributed by atoms with Gasteiger partial charge in [-0.3, -0.25) is 4.79 Å². The van der Waals surface area contributed by atoms with Crippen molar-refractivity contribution in [1.29, 1.82) is 0 Å². The number of amides is 1. The Morgan fingerprint density at radius 1 is 0.964 bits per heavy atom. The molecule has 0 radical (unpaired) electrons. The maximum atomic E-state index is 13.7. The molecule has 3 heterocycles. The topological polar surface area (TPSA) is 43.7 Å². The van der Waals surface area contributed by atoms with Crippen LogP contribution in [0.5, 0.6) is 11.5 Å². The van der Waals surface area contributed by atoms with Gasteiger partial charge >= 0.3 is 0 Å². The highest BCUT2D eigenvalue weighted by atomic mass is 19.1. The zero-order valence-corrected chi connectivity index (χ0v) is 15.2. The first-order valence-electron chi connectivity index (χ1n) is 9.32. The molecule has 2 aliphatic rings. The van der Waals surface area contributed by atoms with Gasteiger partial charge in [0.25, 0.3) is 5.91 Å². The van der Waals surface area contributed by atoms with E-state index in [0.717, 1.165) is 11.3 Å². The number of benzene rings is 2. The fraction of sp³-hybridized carbons (Fsp3) is 0.227. The van der Waals surface area contributed by atoms with Crippen molar-refractivity contribution in [2.24, 2.45) is 0 Å². The van der Waals surface area contributed by atoms with E-state index >= 15 is 0 Å². The van der Waals surface area contributed by atoms with Crippen molar-refractivity contribution < 1.29 is 18.7 Å². The molecule has 2 aromatic carbocycles. The summed E-state index contributed by atoms with van der Waals surface area (Å²) >= 11 is 0. The van der Waals surface area contributed by atoms with Gasteiger partial charge in [0.15, 0.2) is 11.5 Å². The summed E-state index contributed by atoms with van der Waals surface area (Å²) in [6.45, 7) is 2.27. The zero-order valence-electron chi connectivity index (χ0n) is 15.2. The van der Waals surface area contributed by atoms with Gasteiger partial charge in [-0.2, -0.15) is 0 Å². The molecule has 0 fully saturated rings. The summed E-state index contributed by atoms with van der Waals surface area (Å²) in [6, 6.07) is 15.4. The Kier molecular flexibility index (Phi) is 4.04. The molecule has 2 aliphatic heterocycles. The largest absolute Gasteiger partial charge is 0.486 e. The number of carbonyl (C=O) groups excluding carboxylic acids is 1. The standard InChI is InChI=1S/C22H19FN2O3/c23-17-4-1-3-16(13-17)22(26)25-10-9-24-8-2-5-18(24)21(25)15-6-7-19-20(14-15)28-12-11-27-19/h1-8,13-14,21H,9-12H2. The van der Waals surface area contributed by atoms with Gasteiger partial charge in [-0.25, -0.2) is 4.39 Å². The molecule has 6 heteroatoms. The van der Waals surface area contributed by atoms with E-state index in [4.69, 9.17) is 9.47 Å². The van der Waals surface area contributed by atoms with Crippen molar-refractivity contribution in [3.8, 4) is 11.5 Å². The van der Waals surface area contributed by atoms with Gasteiger partial charge in [-0.15, -0.1) is 0 Å². The zero-order chi connectivity index (χ0) is 19.1. The maximum Gasteiger partial charge on any atom is 0.254 e. The molecule has 1 aromatic heterocycles. The van der Waals surface area contributed by atoms with E-state index in [9.17, 15) is 9.18 Å². The molecule has 3 aromatic rings. The number of aromatic nitrogens is 1. The van der Waals surface area contributed by atoms with Crippen LogP contribution in [0.4, 0.5) is 4.39 Å². The summed E-state index contributed by atoms with van der Waals surface area (Å²) in [4.78, 5) is 15.1. The second-order valence-electron chi connectivity index (χ2n) is 6.94. The maximum absolute atomic E-state index is 13.7. The molecule has 5 rings (SSSR count). The van der Waals surface area contributed by atoms with E-state index in [0.29, 0.717) is 43.4 Å². The normalized spacial score (nSPS) is 17.9. The third-order valence-electron chi connectivity index (χ3n) is 5.25. The summed E-state index contributed by atoms with van der Waals surface area (Å²) in [5, 5.41) is 0. The lowest BCUT2D eigenvalue weighted by atomic mass is 9.98. The Labute approximate surface area is 161 Å². The second-order valence-corrected chi connectivity index (χ2v) is 6.94. The van der Waals surface area contributed by atoms with Crippen molar-refractivity contribution >= 4 is 5.91 Å². The minimum Gasteiger partial charge on any atom is -0.486 e. The Morgan fingerprint density at radius 2 is 1.82 bits per heavy atom. The van der Waals surface area contributed by atoms with Crippen molar-refractivity contribution in [2.45, 2.75) is 12.6 Å². The number of nitrogens with zero attached hydrogens (tertiary/aromatic N) is 2. The molecule has 0 bridgehead atoms. The Bertz CT molecular complexity index is 1050. The van der Waals surface area contributed by atoms with Gasteiger partial charge in [0, 0.05) is 30.5 Å². The van der Waals surface area contributed by atoms with Crippen LogP contribution < -0.4 is 9.47 Å². The number of halogens is 1. The van der Waals surface area contributed by atoms with Crippen LogP contribution in [0, 0.1) is 5.82 Å². The quantitative estimate of drug-likeness (QED) is 0.684. The van der Waals surface area contributed by atoms with Gasteiger partial charge in [0.1, 0.15) is 19.0 Å². The van der Waals surface area contributed by atoms with E-state index in [-0.39, 0.29) is 11.9 Å². The predicted molar refractivity (Wildman–Crippen MR) is 101 cm³/mol. The van der Waals surface area contributed by atoms with Gasteiger partial charge in [-0.1, -0.05) is 12.1 Å². The van der Waals surface area contributed by atoms with E-state index in [2.05, 4.69) is 4.57 Å². The fourth-order valence-corrected chi connectivity index (χ4v) is 3.97. The lowest BCUT2D eigenvalue weighted by Gasteiger charge is -2.37. The molecule has 1 amide bonds. The fourth-order valence-electron chi connectivity index (χ4n) is 3.97. The average molecular weight is 378 g/mol. The van der Waals surface area contributed by atoms with Crippen LogP contribution in [0.2, 0.25) is 0 Å². The Balaban J connectivity index is 1.58. The van der Waals surface area contributed by atoms with Gasteiger partial charge in [0.05, 0.1) is 6.04 Å². The molecule has 142 valence electrons. The number of hydrogen-bond acceptors (Lipinski definition) is 3. The van der Waals surface area contributed by atoms with Crippen LogP contribution in [-0.4, -0.2) is 35.1 Å². The van der Waals surface area contributed by atoms with E-state index in [1.165, 1.54) is 12.1 Å². The Hall–Kier alpha value is -3.28. The second kappa shape index (κ2) is 6.71. The highest BCUT2D eigenvalue weighted by molar-refractivity contribution is 5.94. The summed E-state index contributed by atoms with van der Waals surface area (Å²) < 4.78 is 27.2. The molecule has 1 atom stereocenters. The van der Waals surface area contributed by atoms with Crippen LogP contribution in [0.15, 0.2) is 60.8 Å². The number of fused-ring (bicyclic) bond motifs is 2. The van der Waals surface area contributed by atoms with Crippen LogP contribution in [0.1, 0.15) is 27.7 Å². The van der Waals surface area contributed by atoms with Crippen LogP contribution >= 0.6 is 0 Å². The van der Waals surface area contributed by atoms with E-state index in [1.54, 1.807) is 17.0 Å². The molecule has 28 heavy (non-hydrogen) atoms. The summed E-state index contributed by atoms with van der Waals surface area (Å²) in [5.74, 6) is 0.795. The van der Waals surface area contributed by atoms with Gasteiger partial charge in [-0.05, 0) is 48.0 Å². The monoisotopic (exact) mass is 378 g/mol. The van der Waals surface area contributed by atoms with Crippen molar-refractivity contribution in [2.75, 3.05) is 19.8 Å². The SMILES string of the molecule is O=C(c1cccc(F)c1)N1CCn2cccc2C1c1ccc2c(c1)OCCO2. The third kappa shape index (κ3) is 2.81. The Morgan fingerprint density at radius 3 is 2.68 bits per heavy atom. The van der Waals surface area contributed by atoms with Crippen molar-refractivity contribution in [1.82, 2.24) is 9.47 Å². The predicted octanol–water partition coefficient (Wildman–Crippen LogP) is 3.64. The van der Waals surface area contributed by atoms with Gasteiger partial charge < -0.3 is 18.9 Å². The highest BCUT2D eigenvalue weighted by Crippen LogP contribution is 2.38. The first kappa shape index (κ1) is 16.9. The molecule has 0 saturated carbocycles. The van der Waals surface area contributed by atoms with Gasteiger partial charge in [0.2, 0.25) is 0 Å². The summed E-state index contributed by atoms with van der Waals surface area (Å²) in [6.07, 6.45) is 2.02. The van der Waals surface area contributed by atoms with Crippen molar-refractivity contribution in [3.05, 3.63) is 83.4 Å². The van der Waals surface area contributed by atoms with Crippen LogP contribution in [-0.2, 0) is 6.54 Å². The first-order valence-corrected chi connectivity index (χ1v) is 9.32. The van der Waals surface area contributed by atoms with Crippen LogP contribution in [0.3, 0.4) is 0 Å². The lowest BCUT2D eigenvalue weighted by molar-refractivity contribution is 0.0663. The molecular weight excluding hydrogens is 359 g/mol. The van der Waals surface area contributed by atoms with Crippen LogP contribution in [0.25, 0.3) is 0 Å². The molecule has 0 N–H and O–H groups in total. The number of carbonyl (C=O) groups is 1. The lowest BCUT2D eigenvalue weighted by Crippen LogP contribution is -2.42. The number of hydrogen-bond donors (Lipinski definition) is 0. The summed E-state index contributed by atoms with van der Waals surface area (Å²) in [5.41, 5.74) is 2.31. The molecular formula is C22H19FN2O3. The first-order chi connectivity index (χ1) is 13.7. The average Bonchev–Trinajstić information content (AvgIpc) is 3.21. The van der Waals surface area contributed by atoms with E-state index in [1.807, 2.05) is 36.5 Å².